The van der Waals surface area contributed by atoms with E-state index in [1.54, 1.807) is 6.20 Å². The molecule has 0 bridgehead atoms. The molecule has 1 aromatic heterocycles. The summed E-state index contributed by atoms with van der Waals surface area (Å²) in [6.45, 7) is 1.05. The number of nitrogens with one attached hydrogen (secondary N) is 2. The third-order valence-electron chi connectivity index (χ3n) is 3.91. The molecule has 1 aromatic rings. The number of nitrogens with zero attached hydrogens (tertiary/aromatic N) is 2. The molecule has 92 valence electrons. The van der Waals surface area contributed by atoms with Crippen LogP contribution in [0.25, 0.3) is 0 Å². The summed E-state index contributed by atoms with van der Waals surface area (Å²) in [6.07, 6.45) is 7.40. The van der Waals surface area contributed by atoms with Crippen LogP contribution in [0.2, 0.25) is 0 Å². The lowest BCUT2D eigenvalue weighted by Gasteiger charge is -2.16. The van der Waals surface area contributed by atoms with E-state index in [1.165, 1.54) is 25.7 Å². The van der Waals surface area contributed by atoms with Crippen molar-refractivity contribution in [1.29, 1.82) is 0 Å². The summed E-state index contributed by atoms with van der Waals surface area (Å²) in [5, 5.41) is 6.43. The van der Waals surface area contributed by atoms with Crippen LogP contribution < -0.4 is 10.6 Å². The Balaban J connectivity index is 1.68. The van der Waals surface area contributed by atoms with E-state index in [-0.39, 0.29) is 0 Å². The molecule has 2 aliphatic carbocycles. The van der Waals surface area contributed by atoms with Gasteiger partial charge >= 0.3 is 0 Å². The molecule has 2 aliphatic rings. The second-order valence-corrected chi connectivity index (χ2v) is 5.98. The number of aromatic nitrogens is 2. The van der Waals surface area contributed by atoms with Crippen molar-refractivity contribution in [2.75, 3.05) is 24.2 Å². The fourth-order valence-electron chi connectivity index (χ4n) is 2.46. The van der Waals surface area contributed by atoms with E-state index in [0.29, 0.717) is 11.4 Å². The first-order valence-corrected chi connectivity index (χ1v) is 6.97. The highest BCUT2D eigenvalue weighted by Gasteiger charge is 2.53. The average Bonchev–Trinajstić information content (AvgIpc) is 3.19. The second-order valence-electron chi connectivity index (χ2n) is 5.13. The van der Waals surface area contributed by atoms with Crippen LogP contribution in [0, 0.1) is 11.3 Å². The number of hydrogen-bond donors (Lipinski definition) is 2. The zero-order chi connectivity index (χ0) is 11.9. The number of rotatable bonds is 5. The first kappa shape index (κ1) is 11.3. The molecular formula is C12H17BrN4. The minimum absolute atomic E-state index is 0.587. The third kappa shape index (κ3) is 2.25. The Hall–Kier alpha value is -0.840. The van der Waals surface area contributed by atoms with Gasteiger partial charge in [0, 0.05) is 19.8 Å². The summed E-state index contributed by atoms with van der Waals surface area (Å²) < 4.78 is 0.933. The highest BCUT2D eigenvalue weighted by atomic mass is 79.9. The summed E-state index contributed by atoms with van der Waals surface area (Å²) in [5.41, 5.74) is 0.587. The zero-order valence-corrected chi connectivity index (χ0v) is 11.5. The maximum atomic E-state index is 4.42. The van der Waals surface area contributed by atoms with Crippen LogP contribution in [0.4, 0.5) is 11.8 Å². The second kappa shape index (κ2) is 4.12. The molecule has 2 saturated carbocycles. The van der Waals surface area contributed by atoms with Crippen molar-refractivity contribution >= 4 is 27.7 Å². The van der Waals surface area contributed by atoms with Gasteiger partial charge in [-0.2, -0.15) is 4.98 Å². The fraction of sp³-hybridized carbons (Fsp3) is 0.667. The van der Waals surface area contributed by atoms with Crippen LogP contribution in [0.3, 0.4) is 0 Å². The van der Waals surface area contributed by atoms with Crippen molar-refractivity contribution in [2.45, 2.75) is 25.7 Å². The van der Waals surface area contributed by atoms with Gasteiger partial charge in [0.15, 0.2) is 0 Å². The molecule has 1 heterocycles. The van der Waals surface area contributed by atoms with Gasteiger partial charge in [-0.15, -0.1) is 0 Å². The number of hydrogen-bond acceptors (Lipinski definition) is 4. The van der Waals surface area contributed by atoms with Gasteiger partial charge in [-0.25, -0.2) is 4.98 Å². The van der Waals surface area contributed by atoms with Gasteiger partial charge in [-0.05, 0) is 52.9 Å². The first-order chi connectivity index (χ1) is 8.23. The van der Waals surface area contributed by atoms with E-state index >= 15 is 0 Å². The minimum Gasteiger partial charge on any atom is -0.368 e. The topological polar surface area (TPSA) is 49.8 Å². The standard InChI is InChI=1S/C12H17BrN4/c1-14-11-15-6-9(13)10(17-11)16-7-12(4-5-12)8-2-3-8/h6,8H,2-5,7H2,1H3,(H2,14,15,16,17). The molecule has 3 rings (SSSR count). The zero-order valence-electron chi connectivity index (χ0n) is 9.96. The summed E-state index contributed by atoms with van der Waals surface area (Å²) in [7, 11) is 1.83. The van der Waals surface area contributed by atoms with Crippen molar-refractivity contribution in [1.82, 2.24) is 9.97 Å². The largest absolute Gasteiger partial charge is 0.368 e. The smallest absolute Gasteiger partial charge is 0.224 e. The van der Waals surface area contributed by atoms with E-state index in [9.17, 15) is 0 Å². The number of halogens is 1. The van der Waals surface area contributed by atoms with Crippen molar-refractivity contribution in [3.8, 4) is 0 Å². The van der Waals surface area contributed by atoms with E-state index in [0.717, 1.165) is 22.8 Å². The van der Waals surface area contributed by atoms with Gasteiger partial charge in [0.2, 0.25) is 5.95 Å². The minimum atomic E-state index is 0.587. The molecule has 0 atom stereocenters. The molecule has 2 N–H and O–H groups in total. The molecule has 0 amide bonds. The van der Waals surface area contributed by atoms with E-state index in [2.05, 4.69) is 36.5 Å². The summed E-state index contributed by atoms with van der Waals surface area (Å²) in [6, 6.07) is 0. The molecule has 0 saturated heterocycles. The maximum absolute atomic E-state index is 4.42. The normalized spacial score (nSPS) is 21.1. The van der Waals surface area contributed by atoms with E-state index < -0.39 is 0 Å². The van der Waals surface area contributed by atoms with Crippen LogP contribution in [-0.2, 0) is 0 Å². The van der Waals surface area contributed by atoms with Crippen LogP contribution in [0.15, 0.2) is 10.7 Å². The molecule has 5 heteroatoms. The predicted octanol–water partition coefficient (Wildman–Crippen LogP) is 2.88. The Labute approximate surface area is 110 Å². The molecule has 0 aliphatic heterocycles. The van der Waals surface area contributed by atoms with Crippen molar-refractivity contribution in [2.24, 2.45) is 11.3 Å². The average molecular weight is 297 g/mol. The lowest BCUT2D eigenvalue weighted by molar-refractivity contribution is 0.466. The Morgan fingerprint density at radius 3 is 2.82 bits per heavy atom. The molecule has 0 aromatic carbocycles. The summed E-state index contributed by atoms with van der Waals surface area (Å²) in [5.74, 6) is 2.53. The van der Waals surface area contributed by atoms with Gasteiger partial charge in [0.05, 0.1) is 4.47 Å². The number of anilines is 2. The van der Waals surface area contributed by atoms with Gasteiger partial charge in [-0.1, -0.05) is 0 Å². The third-order valence-corrected chi connectivity index (χ3v) is 4.49. The highest BCUT2D eigenvalue weighted by Crippen LogP contribution is 2.61. The first-order valence-electron chi connectivity index (χ1n) is 6.18. The monoisotopic (exact) mass is 296 g/mol. The van der Waals surface area contributed by atoms with Crippen LogP contribution in [-0.4, -0.2) is 23.6 Å². The van der Waals surface area contributed by atoms with Crippen molar-refractivity contribution < 1.29 is 0 Å². The Morgan fingerprint density at radius 2 is 2.24 bits per heavy atom. The Bertz CT molecular complexity index is 427. The van der Waals surface area contributed by atoms with Gasteiger partial charge in [0.25, 0.3) is 0 Å². The molecular weight excluding hydrogens is 280 g/mol. The molecule has 2 fully saturated rings. The fourth-order valence-corrected chi connectivity index (χ4v) is 2.79. The van der Waals surface area contributed by atoms with E-state index in [4.69, 9.17) is 0 Å². The predicted molar refractivity (Wildman–Crippen MR) is 72.2 cm³/mol. The molecule has 4 nitrogen and oxygen atoms in total. The Kier molecular flexibility index (Phi) is 2.73. The van der Waals surface area contributed by atoms with E-state index in [1.807, 2.05) is 7.05 Å². The van der Waals surface area contributed by atoms with Gasteiger partial charge in [-0.3, -0.25) is 0 Å². The summed E-state index contributed by atoms with van der Waals surface area (Å²) >= 11 is 3.49. The Morgan fingerprint density at radius 1 is 1.47 bits per heavy atom. The summed E-state index contributed by atoms with van der Waals surface area (Å²) in [4.78, 5) is 8.58. The van der Waals surface area contributed by atoms with Crippen molar-refractivity contribution in [3.63, 3.8) is 0 Å². The SMILES string of the molecule is CNc1ncc(Br)c(NCC2(C3CC3)CC2)n1. The highest BCUT2D eigenvalue weighted by molar-refractivity contribution is 9.10. The lowest BCUT2D eigenvalue weighted by Crippen LogP contribution is -2.18. The quantitative estimate of drug-likeness (QED) is 0.877. The van der Waals surface area contributed by atoms with Crippen LogP contribution in [0.5, 0.6) is 0 Å². The molecule has 0 spiro atoms. The maximum Gasteiger partial charge on any atom is 0.224 e. The van der Waals surface area contributed by atoms with Gasteiger partial charge in [0.1, 0.15) is 5.82 Å². The van der Waals surface area contributed by atoms with Crippen LogP contribution >= 0.6 is 15.9 Å². The molecule has 0 unspecified atom stereocenters. The van der Waals surface area contributed by atoms with Gasteiger partial charge < -0.3 is 10.6 Å². The molecule has 17 heavy (non-hydrogen) atoms. The lowest BCUT2D eigenvalue weighted by atomic mass is 10.0. The van der Waals surface area contributed by atoms with Crippen LogP contribution in [0.1, 0.15) is 25.7 Å². The molecule has 0 radical (unpaired) electrons. The van der Waals surface area contributed by atoms with Crippen molar-refractivity contribution in [3.05, 3.63) is 10.7 Å².